The fraction of sp³-hybridized carbons (Fsp3) is 0.333. The van der Waals surface area contributed by atoms with Crippen LogP contribution in [0.3, 0.4) is 0 Å². The minimum absolute atomic E-state index is 0.146. The minimum Gasteiger partial charge on any atom is -0.263 e. The summed E-state index contributed by atoms with van der Waals surface area (Å²) in [5.74, 6) is -1.83. The van der Waals surface area contributed by atoms with Gasteiger partial charge in [0.2, 0.25) is 0 Å². The SMILES string of the molecule is O=C(N(Cc1ccnc2ccccc12)N1CCCC[C@@H]1Cc1ccccc1)C(F)(F)F. The molecule has 4 rings (SSSR count). The van der Waals surface area contributed by atoms with Crippen LogP contribution in [0.15, 0.2) is 66.9 Å². The summed E-state index contributed by atoms with van der Waals surface area (Å²) < 4.78 is 40.8. The molecule has 0 saturated carbocycles. The van der Waals surface area contributed by atoms with Crippen molar-refractivity contribution in [2.75, 3.05) is 6.54 Å². The summed E-state index contributed by atoms with van der Waals surface area (Å²) in [6.07, 6.45) is -0.347. The maximum Gasteiger partial charge on any atom is 0.472 e. The molecule has 0 spiro atoms. The summed E-state index contributed by atoms with van der Waals surface area (Å²) >= 11 is 0. The molecule has 1 amide bonds. The number of carbonyl (C=O) groups is 1. The number of pyridine rings is 1. The molecule has 2 heterocycles. The summed E-state index contributed by atoms with van der Waals surface area (Å²) in [5, 5.41) is 3.30. The summed E-state index contributed by atoms with van der Waals surface area (Å²) in [7, 11) is 0. The lowest BCUT2D eigenvalue weighted by Gasteiger charge is -2.43. The van der Waals surface area contributed by atoms with E-state index in [-0.39, 0.29) is 12.6 Å². The zero-order chi connectivity index (χ0) is 21.8. The summed E-state index contributed by atoms with van der Waals surface area (Å²) in [5.41, 5.74) is 2.39. The number of piperidine rings is 1. The molecule has 162 valence electrons. The van der Waals surface area contributed by atoms with Crippen LogP contribution in [0.1, 0.15) is 30.4 Å². The summed E-state index contributed by atoms with van der Waals surface area (Å²) in [6.45, 7) is 0.273. The van der Waals surface area contributed by atoms with E-state index in [0.29, 0.717) is 24.0 Å². The van der Waals surface area contributed by atoms with E-state index < -0.39 is 12.1 Å². The number of nitrogens with zero attached hydrogens (tertiary/aromatic N) is 3. The van der Waals surface area contributed by atoms with E-state index in [1.807, 2.05) is 54.6 Å². The van der Waals surface area contributed by atoms with E-state index >= 15 is 0 Å². The Morgan fingerprint density at radius 2 is 1.77 bits per heavy atom. The zero-order valence-electron chi connectivity index (χ0n) is 17.1. The Bertz CT molecular complexity index is 1030. The van der Waals surface area contributed by atoms with Crippen molar-refractivity contribution in [3.05, 3.63) is 78.0 Å². The van der Waals surface area contributed by atoms with Crippen molar-refractivity contribution in [3.63, 3.8) is 0 Å². The van der Waals surface area contributed by atoms with Crippen molar-refractivity contribution in [2.24, 2.45) is 0 Å². The molecular formula is C24H24F3N3O. The van der Waals surface area contributed by atoms with E-state index in [2.05, 4.69) is 4.98 Å². The van der Waals surface area contributed by atoms with Crippen LogP contribution in [0, 0.1) is 0 Å². The molecular weight excluding hydrogens is 403 g/mol. The van der Waals surface area contributed by atoms with Gasteiger partial charge in [-0.15, -0.1) is 0 Å². The molecule has 0 N–H and O–H groups in total. The smallest absolute Gasteiger partial charge is 0.263 e. The lowest BCUT2D eigenvalue weighted by Crippen LogP contribution is -2.57. The van der Waals surface area contributed by atoms with Gasteiger partial charge in [0.25, 0.3) is 0 Å². The van der Waals surface area contributed by atoms with Crippen molar-refractivity contribution >= 4 is 16.8 Å². The van der Waals surface area contributed by atoms with Gasteiger partial charge in [0.05, 0.1) is 12.1 Å². The Balaban J connectivity index is 1.68. The summed E-state index contributed by atoms with van der Waals surface area (Å²) in [4.78, 5) is 16.8. The third kappa shape index (κ3) is 4.88. The lowest BCUT2D eigenvalue weighted by molar-refractivity contribution is -0.209. The van der Waals surface area contributed by atoms with Crippen molar-refractivity contribution < 1.29 is 18.0 Å². The molecule has 31 heavy (non-hydrogen) atoms. The van der Waals surface area contributed by atoms with Crippen LogP contribution in [0.25, 0.3) is 10.9 Å². The van der Waals surface area contributed by atoms with Gasteiger partial charge in [-0.25, -0.2) is 5.01 Å². The van der Waals surface area contributed by atoms with Gasteiger partial charge in [-0.2, -0.15) is 13.2 Å². The van der Waals surface area contributed by atoms with Crippen LogP contribution in [0.5, 0.6) is 0 Å². The fourth-order valence-electron chi connectivity index (χ4n) is 4.28. The molecule has 4 nitrogen and oxygen atoms in total. The fourth-order valence-corrected chi connectivity index (χ4v) is 4.28. The van der Waals surface area contributed by atoms with E-state index in [4.69, 9.17) is 0 Å². The van der Waals surface area contributed by atoms with Gasteiger partial charge in [0.15, 0.2) is 0 Å². The number of hydrogen-bond donors (Lipinski definition) is 0. The van der Waals surface area contributed by atoms with Gasteiger partial charge >= 0.3 is 12.1 Å². The Hall–Kier alpha value is -2.93. The highest BCUT2D eigenvalue weighted by Gasteiger charge is 2.46. The van der Waals surface area contributed by atoms with Crippen molar-refractivity contribution in [1.29, 1.82) is 0 Å². The van der Waals surface area contributed by atoms with Crippen molar-refractivity contribution in [1.82, 2.24) is 15.0 Å². The predicted molar refractivity (Wildman–Crippen MR) is 113 cm³/mol. The molecule has 0 unspecified atom stereocenters. The van der Waals surface area contributed by atoms with Crippen LogP contribution < -0.4 is 0 Å². The van der Waals surface area contributed by atoms with E-state index in [1.54, 1.807) is 17.3 Å². The average Bonchev–Trinajstić information content (AvgIpc) is 2.78. The molecule has 1 fully saturated rings. The molecule has 0 bridgehead atoms. The summed E-state index contributed by atoms with van der Waals surface area (Å²) in [6, 6.07) is 18.5. The molecule has 1 aromatic heterocycles. The highest BCUT2D eigenvalue weighted by atomic mass is 19.4. The number of hydrogen-bond acceptors (Lipinski definition) is 3. The maximum absolute atomic E-state index is 13.6. The molecule has 1 saturated heterocycles. The maximum atomic E-state index is 13.6. The number of benzene rings is 2. The van der Waals surface area contributed by atoms with E-state index in [1.165, 1.54) is 0 Å². The first kappa shape index (κ1) is 21.3. The normalized spacial score (nSPS) is 17.6. The van der Waals surface area contributed by atoms with Crippen molar-refractivity contribution in [2.45, 2.75) is 44.4 Å². The molecule has 2 aromatic carbocycles. The zero-order valence-corrected chi connectivity index (χ0v) is 17.1. The van der Waals surface area contributed by atoms with Gasteiger partial charge < -0.3 is 0 Å². The van der Waals surface area contributed by atoms with Gasteiger partial charge in [-0.1, -0.05) is 55.0 Å². The number of alkyl halides is 3. The number of rotatable bonds is 5. The van der Waals surface area contributed by atoms with E-state index in [0.717, 1.165) is 35.2 Å². The number of aromatic nitrogens is 1. The van der Waals surface area contributed by atoms with Crippen LogP contribution >= 0.6 is 0 Å². The number of para-hydroxylation sites is 1. The molecule has 1 aliphatic rings. The lowest BCUT2D eigenvalue weighted by atomic mass is 9.97. The van der Waals surface area contributed by atoms with Crippen LogP contribution in [-0.4, -0.2) is 39.7 Å². The third-order valence-electron chi connectivity index (χ3n) is 5.76. The topological polar surface area (TPSA) is 36.4 Å². The molecule has 1 atom stereocenters. The Morgan fingerprint density at radius 1 is 1.03 bits per heavy atom. The number of carbonyl (C=O) groups excluding carboxylic acids is 1. The highest BCUT2D eigenvalue weighted by Crippen LogP contribution is 2.29. The number of amides is 1. The second-order valence-corrected chi connectivity index (χ2v) is 7.85. The van der Waals surface area contributed by atoms with Crippen molar-refractivity contribution in [3.8, 4) is 0 Å². The first-order valence-electron chi connectivity index (χ1n) is 10.5. The quantitative estimate of drug-likeness (QED) is 0.566. The van der Waals surface area contributed by atoms with Crippen LogP contribution in [0.2, 0.25) is 0 Å². The largest absolute Gasteiger partial charge is 0.472 e. The Morgan fingerprint density at radius 3 is 2.55 bits per heavy atom. The standard InChI is InChI=1S/C24H24F3N3O/c25-24(26,27)23(31)30(17-19-13-14-28-22-12-5-4-11-21(19)22)29-15-7-6-10-20(29)16-18-8-2-1-3-9-18/h1-5,8-9,11-14,20H,6-7,10,15-17H2/t20-/m1/s1. The van der Waals surface area contributed by atoms with Gasteiger partial charge in [-0.3, -0.25) is 14.8 Å². The van der Waals surface area contributed by atoms with Gasteiger partial charge in [0.1, 0.15) is 0 Å². The second kappa shape index (κ2) is 9.06. The number of fused-ring (bicyclic) bond motifs is 1. The molecule has 0 radical (unpaired) electrons. The van der Waals surface area contributed by atoms with E-state index in [9.17, 15) is 18.0 Å². The molecule has 1 aliphatic heterocycles. The Kier molecular flexibility index (Phi) is 6.23. The van der Waals surface area contributed by atoms with Crippen LogP contribution in [-0.2, 0) is 17.8 Å². The molecule has 7 heteroatoms. The predicted octanol–water partition coefficient (Wildman–Crippen LogP) is 5.14. The third-order valence-corrected chi connectivity index (χ3v) is 5.76. The van der Waals surface area contributed by atoms with Gasteiger partial charge in [0, 0.05) is 24.2 Å². The highest BCUT2D eigenvalue weighted by molar-refractivity contribution is 5.84. The molecule has 3 aromatic rings. The number of halogens is 3. The van der Waals surface area contributed by atoms with Gasteiger partial charge in [-0.05, 0) is 42.5 Å². The Labute approximate surface area is 179 Å². The average molecular weight is 427 g/mol. The first-order chi connectivity index (χ1) is 14.9. The van der Waals surface area contributed by atoms with Crippen LogP contribution in [0.4, 0.5) is 13.2 Å². The molecule has 0 aliphatic carbocycles. The minimum atomic E-state index is -4.95. The second-order valence-electron chi connectivity index (χ2n) is 7.85. The monoisotopic (exact) mass is 427 g/mol. The number of hydrazine groups is 1. The first-order valence-corrected chi connectivity index (χ1v) is 10.5.